The maximum absolute atomic E-state index is 12.6. The van der Waals surface area contributed by atoms with Crippen LogP contribution in [0.2, 0.25) is 0 Å². The molecule has 1 fully saturated rings. The van der Waals surface area contributed by atoms with E-state index in [-0.39, 0.29) is 11.9 Å². The van der Waals surface area contributed by atoms with Crippen molar-refractivity contribution in [3.63, 3.8) is 0 Å². The molecule has 4 heteroatoms. The number of piperazine rings is 1. The summed E-state index contributed by atoms with van der Waals surface area (Å²) in [6.07, 6.45) is 0. The van der Waals surface area contributed by atoms with Crippen LogP contribution >= 0.6 is 15.9 Å². The number of carbonyl (C=O) groups excluding carboxylic acids is 1. The lowest BCUT2D eigenvalue weighted by molar-refractivity contribution is 0.0615. The van der Waals surface area contributed by atoms with Gasteiger partial charge >= 0.3 is 0 Å². The molecule has 2 rings (SSSR count). The summed E-state index contributed by atoms with van der Waals surface area (Å²) in [5.74, 6) is 0.134. The van der Waals surface area contributed by atoms with Gasteiger partial charge in [-0.05, 0) is 38.5 Å². The second-order valence-corrected chi connectivity index (χ2v) is 5.88. The van der Waals surface area contributed by atoms with Crippen LogP contribution < -0.4 is 5.32 Å². The Morgan fingerprint density at radius 2 is 2.17 bits per heavy atom. The summed E-state index contributed by atoms with van der Waals surface area (Å²) in [5.41, 5.74) is 1.81. The molecule has 0 saturated carbocycles. The standard InChI is InChI=1S/C14H19BrN2O/c1-9-8-17(10(2)7-16-9)14(18)12-5-4-6-13(15)11(12)3/h4-6,9-10,16H,7-8H2,1-3H3. The lowest BCUT2D eigenvalue weighted by Crippen LogP contribution is -2.56. The van der Waals surface area contributed by atoms with E-state index in [2.05, 4.69) is 35.1 Å². The van der Waals surface area contributed by atoms with Crippen molar-refractivity contribution in [2.45, 2.75) is 32.9 Å². The van der Waals surface area contributed by atoms with Gasteiger partial charge in [0.05, 0.1) is 0 Å². The number of benzene rings is 1. The van der Waals surface area contributed by atoms with Gasteiger partial charge in [-0.15, -0.1) is 0 Å². The minimum absolute atomic E-state index is 0.134. The summed E-state index contributed by atoms with van der Waals surface area (Å²) < 4.78 is 0.990. The van der Waals surface area contributed by atoms with Crippen molar-refractivity contribution in [1.29, 1.82) is 0 Å². The number of nitrogens with one attached hydrogen (secondary N) is 1. The smallest absolute Gasteiger partial charge is 0.254 e. The molecule has 1 N–H and O–H groups in total. The number of amides is 1. The average molecular weight is 311 g/mol. The van der Waals surface area contributed by atoms with Crippen molar-refractivity contribution < 1.29 is 4.79 Å². The first-order valence-corrected chi connectivity index (χ1v) is 7.09. The molecule has 1 aromatic rings. The molecule has 0 bridgehead atoms. The van der Waals surface area contributed by atoms with E-state index in [1.807, 2.05) is 30.0 Å². The van der Waals surface area contributed by atoms with E-state index >= 15 is 0 Å². The molecule has 1 heterocycles. The van der Waals surface area contributed by atoms with E-state index in [1.165, 1.54) is 0 Å². The van der Waals surface area contributed by atoms with Crippen LogP contribution in [-0.4, -0.2) is 36.0 Å². The van der Waals surface area contributed by atoms with Gasteiger partial charge in [0, 0.05) is 35.2 Å². The van der Waals surface area contributed by atoms with Crippen LogP contribution in [-0.2, 0) is 0 Å². The first-order chi connectivity index (χ1) is 8.50. The summed E-state index contributed by atoms with van der Waals surface area (Å²) in [6.45, 7) is 7.81. The molecular weight excluding hydrogens is 292 g/mol. The molecule has 0 spiro atoms. The van der Waals surface area contributed by atoms with Gasteiger partial charge in [-0.25, -0.2) is 0 Å². The maximum Gasteiger partial charge on any atom is 0.254 e. The monoisotopic (exact) mass is 310 g/mol. The molecule has 2 atom stereocenters. The molecular formula is C14H19BrN2O. The summed E-state index contributed by atoms with van der Waals surface area (Å²) >= 11 is 3.48. The summed E-state index contributed by atoms with van der Waals surface area (Å²) in [6, 6.07) is 6.39. The van der Waals surface area contributed by atoms with Crippen molar-refractivity contribution in [2.24, 2.45) is 0 Å². The molecule has 0 radical (unpaired) electrons. The first-order valence-electron chi connectivity index (χ1n) is 6.30. The van der Waals surface area contributed by atoms with Gasteiger partial charge in [0.25, 0.3) is 5.91 Å². The normalized spacial score (nSPS) is 24.1. The van der Waals surface area contributed by atoms with Crippen molar-refractivity contribution >= 4 is 21.8 Å². The highest BCUT2D eigenvalue weighted by atomic mass is 79.9. The number of nitrogens with zero attached hydrogens (tertiary/aromatic N) is 1. The average Bonchev–Trinajstić information content (AvgIpc) is 2.35. The van der Waals surface area contributed by atoms with E-state index < -0.39 is 0 Å². The molecule has 0 aromatic heterocycles. The molecule has 3 nitrogen and oxygen atoms in total. The largest absolute Gasteiger partial charge is 0.333 e. The fourth-order valence-corrected chi connectivity index (χ4v) is 2.66. The van der Waals surface area contributed by atoms with Crippen molar-refractivity contribution in [2.75, 3.05) is 13.1 Å². The number of carbonyl (C=O) groups is 1. The van der Waals surface area contributed by atoms with Gasteiger partial charge < -0.3 is 10.2 Å². The van der Waals surface area contributed by atoms with Gasteiger partial charge in [0.15, 0.2) is 0 Å². The third kappa shape index (κ3) is 2.59. The van der Waals surface area contributed by atoms with E-state index in [4.69, 9.17) is 0 Å². The Balaban J connectivity index is 2.27. The number of hydrogen-bond acceptors (Lipinski definition) is 2. The minimum Gasteiger partial charge on any atom is -0.333 e. The zero-order valence-electron chi connectivity index (χ0n) is 11.0. The van der Waals surface area contributed by atoms with Gasteiger partial charge in [-0.2, -0.15) is 0 Å². The molecule has 2 unspecified atom stereocenters. The number of hydrogen-bond donors (Lipinski definition) is 1. The molecule has 0 aliphatic carbocycles. The lowest BCUT2D eigenvalue weighted by atomic mass is 10.0. The SMILES string of the molecule is Cc1c(Br)cccc1C(=O)N1CC(C)NCC1C. The quantitative estimate of drug-likeness (QED) is 0.864. The highest BCUT2D eigenvalue weighted by molar-refractivity contribution is 9.10. The third-order valence-electron chi connectivity index (χ3n) is 3.52. The van der Waals surface area contributed by atoms with Crippen LogP contribution in [0, 0.1) is 6.92 Å². The van der Waals surface area contributed by atoms with Crippen LogP contribution in [0.25, 0.3) is 0 Å². The van der Waals surface area contributed by atoms with Crippen LogP contribution in [0.4, 0.5) is 0 Å². The lowest BCUT2D eigenvalue weighted by Gasteiger charge is -2.37. The van der Waals surface area contributed by atoms with Crippen LogP contribution in [0.3, 0.4) is 0 Å². The second kappa shape index (κ2) is 5.41. The van der Waals surface area contributed by atoms with E-state index in [1.54, 1.807) is 0 Å². The van der Waals surface area contributed by atoms with Gasteiger partial charge in [0.2, 0.25) is 0 Å². The fraction of sp³-hybridized carbons (Fsp3) is 0.500. The third-order valence-corrected chi connectivity index (χ3v) is 4.38. The Morgan fingerprint density at radius 1 is 1.44 bits per heavy atom. The zero-order chi connectivity index (χ0) is 13.3. The van der Waals surface area contributed by atoms with E-state index in [0.29, 0.717) is 6.04 Å². The molecule has 18 heavy (non-hydrogen) atoms. The molecule has 1 amide bonds. The van der Waals surface area contributed by atoms with Crippen molar-refractivity contribution in [3.05, 3.63) is 33.8 Å². The topological polar surface area (TPSA) is 32.3 Å². The Hall–Kier alpha value is -0.870. The highest BCUT2D eigenvalue weighted by Gasteiger charge is 2.28. The molecule has 1 aliphatic heterocycles. The Morgan fingerprint density at radius 3 is 2.89 bits per heavy atom. The predicted molar refractivity (Wildman–Crippen MR) is 76.8 cm³/mol. The summed E-state index contributed by atoms with van der Waals surface area (Å²) in [7, 11) is 0. The number of rotatable bonds is 1. The van der Waals surface area contributed by atoms with Crippen LogP contribution in [0.15, 0.2) is 22.7 Å². The van der Waals surface area contributed by atoms with Crippen molar-refractivity contribution in [1.82, 2.24) is 10.2 Å². The summed E-state index contributed by atoms with van der Waals surface area (Å²) in [4.78, 5) is 14.6. The van der Waals surface area contributed by atoms with E-state index in [0.717, 1.165) is 28.7 Å². The zero-order valence-corrected chi connectivity index (χ0v) is 12.6. The van der Waals surface area contributed by atoms with Crippen molar-refractivity contribution in [3.8, 4) is 0 Å². The first kappa shape index (κ1) is 13.6. The van der Waals surface area contributed by atoms with E-state index in [9.17, 15) is 4.79 Å². The molecule has 1 aromatic carbocycles. The van der Waals surface area contributed by atoms with Crippen LogP contribution in [0.1, 0.15) is 29.8 Å². The molecule has 1 saturated heterocycles. The van der Waals surface area contributed by atoms with Crippen LogP contribution in [0.5, 0.6) is 0 Å². The minimum atomic E-state index is 0.134. The van der Waals surface area contributed by atoms with Gasteiger partial charge in [-0.1, -0.05) is 22.0 Å². The maximum atomic E-state index is 12.6. The molecule has 98 valence electrons. The predicted octanol–water partition coefficient (Wildman–Crippen LogP) is 2.58. The van der Waals surface area contributed by atoms with Gasteiger partial charge in [-0.3, -0.25) is 4.79 Å². The highest BCUT2D eigenvalue weighted by Crippen LogP contribution is 2.22. The Bertz CT molecular complexity index is 461. The Kier molecular flexibility index (Phi) is 4.07. The number of halogens is 1. The fourth-order valence-electron chi connectivity index (χ4n) is 2.30. The summed E-state index contributed by atoms with van der Waals surface area (Å²) in [5, 5.41) is 3.39. The Labute approximate surface area is 117 Å². The molecule has 1 aliphatic rings. The van der Waals surface area contributed by atoms with Gasteiger partial charge in [0.1, 0.15) is 0 Å². The second-order valence-electron chi connectivity index (χ2n) is 5.03.